The molecule has 0 spiro atoms. The van der Waals surface area contributed by atoms with E-state index in [2.05, 4.69) is 10.3 Å². The van der Waals surface area contributed by atoms with Crippen LogP contribution in [0.1, 0.15) is 26.7 Å². The number of rotatable bonds is 7. The van der Waals surface area contributed by atoms with Crippen molar-refractivity contribution >= 4 is 34.4 Å². The van der Waals surface area contributed by atoms with Crippen LogP contribution in [0.2, 0.25) is 0 Å². The number of hydrogen-bond donors (Lipinski definition) is 1. The van der Waals surface area contributed by atoms with Crippen molar-refractivity contribution in [3.05, 3.63) is 58.5 Å². The molecule has 0 radical (unpaired) electrons. The van der Waals surface area contributed by atoms with Crippen LogP contribution in [0.3, 0.4) is 0 Å². The molecule has 2 aromatic heterocycles. The molecule has 0 saturated carbocycles. The molecule has 3 heterocycles. The Balaban J connectivity index is 1.43. The Kier molecular flexibility index (Phi) is 6.64. The number of furan rings is 1. The summed E-state index contributed by atoms with van der Waals surface area (Å²) in [5, 5.41) is 3.24. The van der Waals surface area contributed by atoms with E-state index in [1.165, 1.54) is 30.8 Å². The van der Waals surface area contributed by atoms with Crippen LogP contribution in [0.5, 0.6) is 17.2 Å². The van der Waals surface area contributed by atoms with E-state index in [9.17, 15) is 9.59 Å². The second-order valence-corrected chi connectivity index (χ2v) is 8.21. The zero-order valence-corrected chi connectivity index (χ0v) is 19.2. The summed E-state index contributed by atoms with van der Waals surface area (Å²) in [6, 6.07) is 6.79. The van der Waals surface area contributed by atoms with Crippen molar-refractivity contribution in [3.8, 4) is 17.2 Å². The normalized spacial score (nSPS) is 13.0. The molecule has 0 saturated heterocycles. The highest BCUT2D eigenvalue weighted by molar-refractivity contribution is 7.15. The Hall–Kier alpha value is -3.79. The number of carbonyl (C=O) groups excluding carboxylic acids is 2. The Bertz CT molecular complexity index is 1160. The fraction of sp³-hybridized carbons (Fsp3) is 0.261. The number of thiazole rings is 1. The van der Waals surface area contributed by atoms with Crippen LogP contribution in [0.25, 0.3) is 6.08 Å². The largest absolute Gasteiger partial charge is 0.493 e. The third-order valence-electron chi connectivity index (χ3n) is 5.11. The molecular weight excluding hydrogens is 446 g/mol. The number of hydrogen-bond acceptors (Lipinski definition) is 8. The molecule has 0 bridgehead atoms. The summed E-state index contributed by atoms with van der Waals surface area (Å²) in [5.74, 6) is 1.26. The van der Waals surface area contributed by atoms with Crippen LogP contribution in [-0.4, -0.2) is 49.6 Å². The molecule has 172 valence electrons. The minimum absolute atomic E-state index is 0.121. The molecule has 33 heavy (non-hydrogen) atoms. The SMILES string of the molecule is COc1cc(/C=C/C(=O)N2CCc3nc(NC(=O)c4ccco4)sc3C2)cc(OC)c1OC. The average Bonchev–Trinajstić information content (AvgIpc) is 3.51. The van der Waals surface area contributed by atoms with Gasteiger partial charge in [0.05, 0.1) is 39.8 Å². The van der Waals surface area contributed by atoms with Gasteiger partial charge in [-0.25, -0.2) is 4.98 Å². The second-order valence-electron chi connectivity index (χ2n) is 7.12. The van der Waals surface area contributed by atoms with Crippen molar-refractivity contribution < 1.29 is 28.2 Å². The van der Waals surface area contributed by atoms with E-state index >= 15 is 0 Å². The van der Waals surface area contributed by atoms with Crippen molar-refractivity contribution in [1.82, 2.24) is 9.88 Å². The van der Waals surface area contributed by atoms with Gasteiger partial charge >= 0.3 is 0 Å². The Morgan fingerprint density at radius 1 is 1.18 bits per heavy atom. The van der Waals surface area contributed by atoms with Crippen molar-refractivity contribution in [2.24, 2.45) is 0 Å². The molecule has 1 aromatic carbocycles. The first-order valence-corrected chi connectivity index (χ1v) is 10.9. The molecule has 0 fully saturated rings. The first-order valence-electron chi connectivity index (χ1n) is 10.1. The van der Waals surface area contributed by atoms with Gasteiger partial charge in [0.25, 0.3) is 5.91 Å². The van der Waals surface area contributed by atoms with Crippen LogP contribution >= 0.6 is 11.3 Å². The third kappa shape index (κ3) is 4.85. The van der Waals surface area contributed by atoms with Gasteiger partial charge in [-0.1, -0.05) is 11.3 Å². The van der Waals surface area contributed by atoms with Gasteiger partial charge in [-0.3, -0.25) is 14.9 Å². The highest BCUT2D eigenvalue weighted by Gasteiger charge is 2.24. The zero-order valence-electron chi connectivity index (χ0n) is 18.4. The Labute approximate surface area is 194 Å². The molecule has 1 aliphatic rings. The van der Waals surface area contributed by atoms with E-state index < -0.39 is 0 Å². The standard InChI is InChI=1S/C23H23N3O6S/c1-29-17-11-14(12-18(30-2)21(17)31-3)6-7-20(27)26-9-8-15-19(13-26)33-23(24-15)25-22(28)16-5-4-10-32-16/h4-7,10-12H,8-9,13H2,1-3H3,(H,24,25,28)/b7-6+. The summed E-state index contributed by atoms with van der Waals surface area (Å²) in [5.41, 5.74) is 1.64. The predicted molar refractivity (Wildman–Crippen MR) is 123 cm³/mol. The molecular formula is C23H23N3O6S. The van der Waals surface area contributed by atoms with Crippen molar-refractivity contribution in [3.63, 3.8) is 0 Å². The third-order valence-corrected chi connectivity index (χ3v) is 6.11. The van der Waals surface area contributed by atoms with E-state index in [4.69, 9.17) is 18.6 Å². The summed E-state index contributed by atoms with van der Waals surface area (Å²) in [6.07, 6.45) is 5.29. The van der Waals surface area contributed by atoms with Gasteiger partial charge in [0.2, 0.25) is 11.7 Å². The fourth-order valence-corrected chi connectivity index (χ4v) is 4.49. The molecule has 3 aromatic rings. The van der Waals surface area contributed by atoms with E-state index in [-0.39, 0.29) is 17.6 Å². The topological polar surface area (TPSA) is 103 Å². The predicted octanol–water partition coefficient (Wildman–Crippen LogP) is 3.61. The smallest absolute Gasteiger partial charge is 0.293 e. The molecule has 2 amide bonds. The molecule has 0 unspecified atom stereocenters. The number of nitrogens with zero attached hydrogens (tertiary/aromatic N) is 2. The monoisotopic (exact) mass is 469 g/mol. The fourth-order valence-electron chi connectivity index (χ4n) is 3.47. The number of nitrogens with one attached hydrogen (secondary N) is 1. The molecule has 0 aliphatic carbocycles. The maximum Gasteiger partial charge on any atom is 0.293 e. The average molecular weight is 470 g/mol. The summed E-state index contributed by atoms with van der Waals surface area (Å²) in [6.45, 7) is 0.975. The summed E-state index contributed by atoms with van der Waals surface area (Å²) < 4.78 is 21.2. The lowest BCUT2D eigenvalue weighted by atomic mass is 10.1. The van der Waals surface area contributed by atoms with E-state index in [0.29, 0.717) is 41.9 Å². The van der Waals surface area contributed by atoms with Crippen LogP contribution in [0.4, 0.5) is 5.13 Å². The van der Waals surface area contributed by atoms with Gasteiger partial charge in [0, 0.05) is 23.9 Å². The van der Waals surface area contributed by atoms with Crippen LogP contribution in [0, 0.1) is 0 Å². The quantitative estimate of drug-likeness (QED) is 0.527. The number of carbonyl (C=O) groups is 2. The summed E-state index contributed by atoms with van der Waals surface area (Å²) >= 11 is 1.36. The number of benzene rings is 1. The number of anilines is 1. The number of amides is 2. The zero-order chi connectivity index (χ0) is 23.4. The Morgan fingerprint density at radius 2 is 1.94 bits per heavy atom. The van der Waals surface area contributed by atoms with Gasteiger partial charge in [-0.2, -0.15) is 0 Å². The maximum atomic E-state index is 12.8. The minimum Gasteiger partial charge on any atom is -0.493 e. The summed E-state index contributed by atoms with van der Waals surface area (Å²) in [4.78, 5) is 32.2. The van der Waals surface area contributed by atoms with Crippen molar-refractivity contribution in [1.29, 1.82) is 0 Å². The van der Waals surface area contributed by atoms with Crippen LogP contribution in [0.15, 0.2) is 41.0 Å². The number of ether oxygens (including phenoxy) is 3. The van der Waals surface area contributed by atoms with E-state index in [1.54, 1.807) is 49.5 Å². The lowest BCUT2D eigenvalue weighted by Gasteiger charge is -2.24. The van der Waals surface area contributed by atoms with E-state index in [0.717, 1.165) is 16.1 Å². The number of methoxy groups -OCH3 is 3. The molecule has 10 heteroatoms. The van der Waals surface area contributed by atoms with Crippen molar-refractivity contribution in [2.45, 2.75) is 13.0 Å². The summed E-state index contributed by atoms with van der Waals surface area (Å²) in [7, 11) is 4.63. The van der Waals surface area contributed by atoms with Crippen LogP contribution in [-0.2, 0) is 17.8 Å². The molecule has 1 N–H and O–H groups in total. The molecule has 9 nitrogen and oxygen atoms in total. The second kappa shape index (κ2) is 9.78. The lowest BCUT2D eigenvalue weighted by Crippen LogP contribution is -2.34. The van der Waals surface area contributed by atoms with Gasteiger partial charge in [0.1, 0.15) is 0 Å². The van der Waals surface area contributed by atoms with Crippen molar-refractivity contribution in [2.75, 3.05) is 33.2 Å². The molecule has 0 atom stereocenters. The maximum absolute atomic E-state index is 12.8. The van der Waals surface area contributed by atoms with E-state index in [1.807, 2.05) is 0 Å². The molecule has 1 aliphatic heterocycles. The van der Waals surface area contributed by atoms with Crippen LogP contribution < -0.4 is 19.5 Å². The highest BCUT2D eigenvalue weighted by atomic mass is 32.1. The van der Waals surface area contributed by atoms with Gasteiger partial charge in [-0.05, 0) is 35.9 Å². The minimum atomic E-state index is -0.354. The lowest BCUT2D eigenvalue weighted by molar-refractivity contribution is -0.126. The number of aromatic nitrogens is 1. The molecule has 4 rings (SSSR count). The highest BCUT2D eigenvalue weighted by Crippen LogP contribution is 2.38. The van der Waals surface area contributed by atoms with Gasteiger partial charge in [0.15, 0.2) is 22.4 Å². The first-order chi connectivity index (χ1) is 16.0. The first kappa shape index (κ1) is 22.4. The van der Waals surface area contributed by atoms with Gasteiger partial charge in [-0.15, -0.1) is 0 Å². The van der Waals surface area contributed by atoms with Gasteiger partial charge < -0.3 is 23.5 Å². The number of fused-ring (bicyclic) bond motifs is 1. The Morgan fingerprint density at radius 3 is 2.58 bits per heavy atom.